The lowest BCUT2D eigenvalue weighted by atomic mass is 10.1. The summed E-state index contributed by atoms with van der Waals surface area (Å²) in [6.45, 7) is 3.18. The molecule has 1 atom stereocenters. The van der Waals surface area contributed by atoms with Crippen LogP contribution in [0.3, 0.4) is 0 Å². The van der Waals surface area contributed by atoms with Crippen LogP contribution in [-0.2, 0) is 4.74 Å². The highest BCUT2D eigenvalue weighted by Gasteiger charge is 2.19. The average Bonchev–Trinajstić information content (AvgIpc) is 2.47. The first-order chi connectivity index (χ1) is 10.4. The van der Waals surface area contributed by atoms with Gasteiger partial charge in [0.25, 0.3) is 5.69 Å². The van der Waals surface area contributed by atoms with Crippen LogP contribution >= 0.6 is 0 Å². The first-order valence-corrected chi connectivity index (χ1v) is 6.45. The van der Waals surface area contributed by atoms with Crippen molar-refractivity contribution in [3.8, 4) is 0 Å². The predicted molar refractivity (Wildman–Crippen MR) is 75.9 cm³/mol. The summed E-state index contributed by atoms with van der Waals surface area (Å²) in [5, 5.41) is 10.9. The molecule has 0 aliphatic carbocycles. The molecular weight excluding hydrogens is 291 g/mol. The van der Waals surface area contributed by atoms with Gasteiger partial charge in [0.1, 0.15) is 6.10 Å². The molecule has 2 aromatic rings. The summed E-state index contributed by atoms with van der Waals surface area (Å²) in [5.41, 5.74) is 0.673. The summed E-state index contributed by atoms with van der Waals surface area (Å²) in [4.78, 5) is 25.9. The Balaban J connectivity index is 2.21. The van der Waals surface area contributed by atoms with Crippen LogP contribution in [0, 0.1) is 22.9 Å². The Morgan fingerprint density at radius 2 is 2.14 bits per heavy atom. The van der Waals surface area contributed by atoms with E-state index in [2.05, 4.69) is 4.98 Å². The van der Waals surface area contributed by atoms with Gasteiger partial charge in [-0.15, -0.1) is 0 Å². The molecule has 0 amide bonds. The van der Waals surface area contributed by atoms with Crippen LogP contribution in [0.5, 0.6) is 0 Å². The van der Waals surface area contributed by atoms with E-state index < -0.39 is 22.8 Å². The highest BCUT2D eigenvalue weighted by atomic mass is 19.1. The van der Waals surface area contributed by atoms with Gasteiger partial charge in [-0.25, -0.2) is 9.18 Å². The quantitative estimate of drug-likeness (QED) is 0.491. The molecule has 0 bridgehead atoms. The number of benzene rings is 1. The second-order valence-electron chi connectivity index (χ2n) is 4.71. The number of hydrogen-bond donors (Lipinski definition) is 0. The molecular formula is C15H13FN2O4. The second-order valence-corrected chi connectivity index (χ2v) is 4.71. The minimum atomic E-state index is -0.851. The first-order valence-electron chi connectivity index (χ1n) is 6.45. The number of esters is 1. The van der Waals surface area contributed by atoms with Crippen molar-refractivity contribution in [3.05, 3.63) is 69.3 Å². The maximum atomic E-state index is 13.5. The van der Waals surface area contributed by atoms with E-state index in [0.717, 1.165) is 6.20 Å². The van der Waals surface area contributed by atoms with Crippen molar-refractivity contribution in [1.82, 2.24) is 4.98 Å². The number of halogens is 1. The summed E-state index contributed by atoms with van der Waals surface area (Å²) in [5.74, 6) is -1.63. The van der Waals surface area contributed by atoms with E-state index in [1.807, 2.05) is 0 Å². The molecule has 0 saturated carbocycles. The van der Waals surface area contributed by atoms with E-state index in [1.54, 1.807) is 26.0 Å². The summed E-state index contributed by atoms with van der Waals surface area (Å²) in [7, 11) is 0. The van der Waals surface area contributed by atoms with Gasteiger partial charge in [-0.3, -0.25) is 15.1 Å². The third kappa shape index (κ3) is 3.25. The Kier molecular flexibility index (Phi) is 4.45. The number of nitro benzene ring substituents is 1. The monoisotopic (exact) mass is 304 g/mol. The van der Waals surface area contributed by atoms with E-state index in [4.69, 9.17) is 4.74 Å². The fourth-order valence-corrected chi connectivity index (χ4v) is 1.91. The maximum absolute atomic E-state index is 13.5. The lowest BCUT2D eigenvalue weighted by Crippen LogP contribution is -2.11. The van der Waals surface area contributed by atoms with Crippen LogP contribution in [0.15, 0.2) is 36.7 Å². The van der Waals surface area contributed by atoms with Gasteiger partial charge >= 0.3 is 5.97 Å². The molecule has 114 valence electrons. The van der Waals surface area contributed by atoms with Crippen molar-refractivity contribution in [2.24, 2.45) is 0 Å². The van der Waals surface area contributed by atoms with E-state index in [1.165, 1.54) is 18.3 Å². The molecule has 0 N–H and O–H groups in total. The number of ether oxygens (including phenoxy) is 1. The Morgan fingerprint density at radius 3 is 2.77 bits per heavy atom. The molecule has 6 nitrogen and oxygen atoms in total. The van der Waals surface area contributed by atoms with Crippen LogP contribution in [0.4, 0.5) is 10.1 Å². The molecule has 2 rings (SSSR count). The zero-order valence-electron chi connectivity index (χ0n) is 11.9. The Bertz CT molecular complexity index is 733. The summed E-state index contributed by atoms with van der Waals surface area (Å²) >= 11 is 0. The zero-order valence-corrected chi connectivity index (χ0v) is 11.9. The first kappa shape index (κ1) is 15.6. The van der Waals surface area contributed by atoms with Gasteiger partial charge in [-0.2, -0.15) is 0 Å². The van der Waals surface area contributed by atoms with Crippen molar-refractivity contribution in [2.75, 3.05) is 0 Å². The molecule has 0 spiro atoms. The van der Waals surface area contributed by atoms with Crippen molar-refractivity contribution < 1.29 is 18.8 Å². The summed E-state index contributed by atoms with van der Waals surface area (Å²) in [6.07, 6.45) is 1.44. The highest BCUT2D eigenvalue weighted by Crippen LogP contribution is 2.26. The lowest BCUT2D eigenvalue weighted by Gasteiger charge is -2.14. The summed E-state index contributed by atoms with van der Waals surface area (Å²) < 4.78 is 18.6. The van der Waals surface area contributed by atoms with Gasteiger partial charge in [0.2, 0.25) is 0 Å². The molecule has 1 unspecified atom stereocenters. The van der Waals surface area contributed by atoms with Gasteiger partial charge in [-0.05, 0) is 25.5 Å². The van der Waals surface area contributed by atoms with Crippen LogP contribution in [0.1, 0.15) is 34.5 Å². The highest BCUT2D eigenvalue weighted by molar-refractivity contribution is 5.89. The third-order valence-electron chi connectivity index (χ3n) is 3.18. The fraction of sp³-hybridized carbons (Fsp3) is 0.200. The third-order valence-corrected chi connectivity index (χ3v) is 3.18. The van der Waals surface area contributed by atoms with Crippen LogP contribution in [0.25, 0.3) is 0 Å². The lowest BCUT2D eigenvalue weighted by molar-refractivity contribution is -0.385. The Labute approximate surface area is 125 Å². The van der Waals surface area contributed by atoms with Crippen molar-refractivity contribution in [1.29, 1.82) is 0 Å². The second kappa shape index (κ2) is 6.30. The van der Waals surface area contributed by atoms with E-state index >= 15 is 0 Å². The molecule has 22 heavy (non-hydrogen) atoms. The number of carbonyl (C=O) groups is 1. The summed E-state index contributed by atoms with van der Waals surface area (Å²) in [6, 6.07) is 5.76. The number of aromatic nitrogens is 1. The van der Waals surface area contributed by atoms with Crippen LogP contribution in [-0.4, -0.2) is 15.9 Å². The number of nitro groups is 1. The minimum Gasteiger partial charge on any atom is -0.454 e. The van der Waals surface area contributed by atoms with Crippen LogP contribution in [0.2, 0.25) is 0 Å². The Morgan fingerprint density at radius 1 is 1.41 bits per heavy atom. The molecule has 1 heterocycles. The number of aryl methyl sites for hydroxylation is 1. The van der Waals surface area contributed by atoms with Crippen LogP contribution < -0.4 is 0 Å². The molecule has 0 aliphatic heterocycles. The number of pyridine rings is 1. The fourth-order valence-electron chi connectivity index (χ4n) is 1.91. The smallest absolute Gasteiger partial charge is 0.341 e. The molecule has 0 aliphatic rings. The van der Waals surface area contributed by atoms with E-state index in [0.29, 0.717) is 11.1 Å². The average molecular weight is 304 g/mol. The SMILES string of the molecule is Cc1ccc(C(C)OC(=O)c2ccncc2F)cc1[N+](=O)[O-]. The van der Waals surface area contributed by atoms with E-state index in [-0.39, 0.29) is 11.3 Å². The van der Waals surface area contributed by atoms with Crippen molar-refractivity contribution >= 4 is 11.7 Å². The number of rotatable bonds is 4. The van der Waals surface area contributed by atoms with Gasteiger partial charge < -0.3 is 4.74 Å². The molecule has 0 saturated heterocycles. The van der Waals surface area contributed by atoms with Gasteiger partial charge in [0.15, 0.2) is 5.82 Å². The van der Waals surface area contributed by atoms with Gasteiger partial charge in [0, 0.05) is 17.8 Å². The molecule has 0 radical (unpaired) electrons. The van der Waals surface area contributed by atoms with Gasteiger partial charge in [0.05, 0.1) is 16.7 Å². The number of carbonyl (C=O) groups excluding carboxylic acids is 1. The molecule has 1 aromatic heterocycles. The minimum absolute atomic E-state index is 0.0597. The largest absolute Gasteiger partial charge is 0.454 e. The number of nitrogens with zero attached hydrogens (tertiary/aromatic N) is 2. The van der Waals surface area contributed by atoms with Crippen molar-refractivity contribution in [3.63, 3.8) is 0 Å². The molecule has 7 heteroatoms. The zero-order chi connectivity index (χ0) is 16.3. The number of hydrogen-bond acceptors (Lipinski definition) is 5. The molecule has 1 aromatic carbocycles. The predicted octanol–water partition coefficient (Wildman–Crippen LogP) is 3.36. The van der Waals surface area contributed by atoms with E-state index in [9.17, 15) is 19.3 Å². The maximum Gasteiger partial charge on any atom is 0.341 e. The Hall–Kier alpha value is -2.83. The topological polar surface area (TPSA) is 82.3 Å². The van der Waals surface area contributed by atoms with Crippen molar-refractivity contribution in [2.45, 2.75) is 20.0 Å². The van der Waals surface area contributed by atoms with Gasteiger partial charge in [-0.1, -0.05) is 12.1 Å². The standard InChI is InChI=1S/C15H13FN2O4/c1-9-3-4-11(7-14(9)18(20)21)10(2)22-15(19)12-5-6-17-8-13(12)16/h3-8,10H,1-2H3. The normalized spacial score (nSPS) is 11.8. The molecule has 0 fully saturated rings.